The molecule has 2 rings (SSSR count). The van der Waals surface area contributed by atoms with Crippen molar-refractivity contribution < 1.29 is 9.47 Å². The zero-order valence-electron chi connectivity index (χ0n) is 10.5. The molecule has 0 aromatic carbocycles. The van der Waals surface area contributed by atoms with Gasteiger partial charge in [-0.3, -0.25) is 4.90 Å². The molecule has 0 aromatic heterocycles. The molecule has 0 aromatic rings. The van der Waals surface area contributed by atoms with Gasteiger partial charge in [-0.2, -0.15) is 0 Å². The van der Waals surface area contributed by atoms with Gasteiger partial charge in [-0.05, 0) is 26.3 Å². The smallest absolute Gasteiger partial charge is 0.108 e. The number of ether oxygens (including phenoxy) is 2. The Morgan fingerprint density at radius 2 is 2.38 bits per heavy atom. The second-order valence-electron chi connectivity index (χ2n) is 5.00. The predicted octanol–water partition coefficient (Wildman–Crippen LogP) is 0.476. The van der Waals surface area contributed by atoms with E-state index in [0.717, 1.165) is 32.7 Å². The molecular formula is C12H24N2O2. The molecule has 0 saturated carbocycles. The van der Waals surface area contributed by atoms with Gasteiger partial charge in [-0.1, -0.05) is 0 Å². The van der Waals surface area contributed by atoms with Crippen LogP contribution in [0.15, 0.2) is 0 Å². The van der Waals surface area contributed by atoms with E-state index in [-0.39, 0.29) is 5.60 Å². The first-order valence-electron chi connectivity index (χ1n) is 6.32. The first-order chi connectivity index (χ1) is 7.78. The lowest BCUT2D eigenvalue weighted by molar-refractivity contribution is -0.157. The third-order valence-corrected chi connectivity index (χ3v) is 3.89. The van der Waals surface area contributed by atoms with Crippen LogP contribution in [0.4, 0.5) is 0 Å². The first-order valence-corrected chi connectivity index (χ1v) is 6.32. The molecule has 1 N–H and O–H groups in total. The molecule has 2 atom stereocenters. The zero-order valence-corrected chi connectivity index (χ0v) is 10.5. The first kappa shape index (κ1) is 12.3. The number of rotatable bonds is 3. The van der Waals surface area contributed by atoms with Crippen molar-refractivity contribution in [2.24, 2.45) is 0 Å². The van der Waals surface area contributed by atoms with Gasteiger partial charge in [0.05, 0.1) is 12.6 Å². The van der Waals surface area contributed by atoms with Gasteiger partial charge in [0.25, 0.3) is 0 Å². The maximum absolute atomic E-state index is 6.11. The Balaban J connectivity index is 2.09. The van der Waals surface area contributed by atoms with E-state index >= 15 is 0 Å². The lowest BCUT2D eigenvalue weighted by atomic mass is 9.85. The summed E-state index contributed by atoms with van der Waals surface area (Å²) in [7, 11) is 3.97. The van der Waals surface area contributed by atoms with Gasteiger partial charge in [0, 0.05) is 33.4 Å². The quantitative estimate of drug-likeness (QED) is 0.761. The lowest BCUT2D eigenvalue weighted by Gasteiger charge is -2.48. The van der Waals surface area contributed by atoms with E-state index in [1.54, 1.807) is 7.11 Å². The van der Waals surface area contributed by atoms with E-state index in [9.17, 15) is 0 Å². The molecule has 0 spiro atoms. The monoisotopic (exact) mass is 228 g/mol. The second kappa shape index (κ2) is 5.45. The maximum Gasteiger partial charge on any atom is 0.108 e. The van der Waals surface area contributed by atoms with Crippen LogP contribution in [0.3, 0.4) is 0 Å². The average molecular weight is 228 g/mol. The van der Waals surface area contributed by atoms with Crippen LogP contribution in [0.2, 0.25) is 0 Å². The summed E-state index contributed by atoms with van der Waals surface area (Å²) in [6.45, 7) is 4.78. The highest BCUT2D eigenvalue weighted by molar-refractivity contribution is 4.98. The number of hydrogen-bond donors (Lipinski definition) is 1. The maximum atomic E-state index is 6.11. The molecule has 2 aliphatic heterocycles. The van der Waals surface area contributed by atoms with Crippen LogP contribution in [-0.4, -0.2) is 63.5 Å². The number of likely N-dealkylation sites (N-methyl/N-ethyl adjacent to an activating group) is 1. The molecule has 16 heavy (non-hydrogen) atoms. The van der Waals surface area contributed by atoms with Crippen molar-refractivity contribution in [2.45, 2.75) is 30.9 Å². The Labute approximate surface area is 98.3 Å². The Hall–Kier alpha value is -0.160. The van der Waals surface area contributed by atoms with Crippen LogP contribution in [0, 0.1) is 0 Å². The third-order valence-electron chi connectivity index (χ3n) is 3.89. The molecule has 2 unspecified atom stereocenters. The van der Waals surface area contributed by atoms with Crippen LogP contribution >= 0.6 is 0 Å². The van der Waals surface area contributed by atoms with E-state index in [4.69, 9.17) is 9.47 Å². The minimum Gasteiger partial charge on any atom is -0.382 e. The molecule has 2 aliphatic rings. The Morgan fingerprint density at radius 3 is 3.00 bits per heavy atom. The van der Waals surface area contributed by atoms with Crippen molar-refractivity contribution in [1.29, 1.82) is 0 Å². The number of piperazine rings is 1. The third kappa shape index (κ3) is 2.40. The molecular weight excluding hydrogens is 204 g/mol. The number of nitrogens with zero attached hydrogens (tertiary/aromatic N) is 1. The van der Waals surface area contributed by atoms with E-state index in [0.29, 0.717) is 12.6 Å². The van der Waals surface area contributed by atoms with E-state index < -0.39 is 0 Å². The van der Waals surface area contributed by atoms with Crippen molar-refractivity contribution in [2.75, 3.05) is 47.0 Å². The summed E-state index contributed by atoms with van der Waals surface area (Å²) in [5.41, 5.74) is -0.0881. The number of nitrogens with one attached hydrogen (secondary N) is 1. The van der Waals surface area contributed by atoms with Gasteiger partial charge in [0.15, 0.2) is 0 Å². The van der Waals surface area contributed by atoms with Crippen molar-refractivity contribution in [3.8, 4) is 0 Å². The van der Waals surface area contributed by atoms with Gasteiger partial charge in [0.1, 0.15) is 5.60 Å². The topological polar surface area (TPSA) is 33.7 Å². The zero-order chi connectivity index (χ0) is 11.4. The van der Waals surface area contributed by atoms with Crippen LogP contribution in [-0.2, 0) is 9.47 Å². The van der Waals surface area contributed by atoms with Crippen molar-refractivity contribution >= 4 is 0 Å². The van der Waals surface area contributed by atoms with E-state index in [1.165, 1.54) is 12.8 Å². The average Bonchev–Trinajstić information content (AvgIpc) is 2.31. The Kier molecular flexibility index (Phi) is 4.19. The number of methoxy groups -OCH3 is 1. The highest BCUT2D eigenvalue weighted by Gasteiger charge is 2.44. The summed E-state index contributed by atoms with van der Waals surface area (Å²) in [6, 6.07) is 0.446. The molecule has 2 saturated heterocycles. The molecule has 0 amide bonds. The molecule has 0 bridgehead atoms. The fourth-order valence-electron chi connectivity index (χ4n) is 2.98. The second-order valence-corrected chi connectivity index (χ2v) is 5.00. The minimum absolute atomic E-state index is 0.0881. The lowest BCUT2D eigenvalue weighted by Crippen LogP contribution is -2.64. The SMILES string of the molecule is COCC1(C2CNCCN2C)CCCCO1. The number of hydrogen-bond acceptors (Lipinski definition) is 4. The van der Waals surface area contributed by atoms with Gasteiger partial charge < -0.3 is 14.8 Å². The van der Waals surface area contributed by atoms with Crippen molar-refractivity contribution in [3.63, 3.8) is 0 Å². The molecule has 0 aliphatic carbocycles. The minimum atomic E-state index is -0.0881. The van der Waals surface area contributed by atoms with Gasteiger partial charge >= 0.3 is 0 Å². The van der Waals surface area contributed by atoms with Crippen LogP contribution in [0.1, 0.15) is 19.3 Å². The fraction of sp³-hybridized carbons (Fsp3) is 1.00. The van der Waals surface area contributed by atoms with E-state index in [1.807, 2.05) is 0 Å². The Bertz CT molecular complexity index is 212. The van der Waals surface area contributed by atoms with Gasteiger partial charge in [0.2, 0.25) is 0 Å². The van der Waals surface area contributed by atoms with Crippen LogP contribution < -0.4 is 5.32 Å². The van der Waals surface area contributed by atoms with Crippen molar-refractivity contribution in [3.05, 3.63) is 0 Å². The van der Waals surface area contributed by atoms with Gasteiger partial charge in [-0.15, -0.1) is 0 Å². The molecule has 4 nitrogen and oxygen atoms in total. The van der Waals surface area contributed by atoms with Gasteiger partial charge in [-0.25, -0.2) is 0 Å². The summed E-state index contributed by atoms with van der Waals surface area (Å²) in [6.07, 6.45) is 3.57. The van der Waals surface area contributed by atoms with Crippen molar-refractivity contribution in [1.82, 2.24) is 10.2 Å². The normalized spacial score (nSPS) is 37.5. The molecule has 2 heterocycles. The largest absolute Gasteiger partial charge is 0.382 e. The molecule has 4 heteroatoms. The van der Waals surface area contributed by atoms with Crippen LogP contribution in [0.5, 0.6) is 0 Å². The summed E-state index contributed by atoms with van der Waals surface area (Å²) >= 11 is 0. The standard InChI is InChI=1S/C12H24N2O2/c1-14-7-6-13-9-11(14)12(10-15-2)5-3-4-8-16-12/h11,13H,3-10H2,1-2H3. The predicted molar refractivity (Wildman–Crippen MR) is 63.7 cm³/mol. The Morgan fingerprint density at radius 1 is 1.50 bits per heavy atom. The summed E-state index contributed by atoms with van der Waals surface area (Å²) in [5, 5.41) is 3.47. The summed E-state index contributed by atoms with van der Waals surface area (Å²) in [5.74, 6) is 0. The fourth-order valence-corrected chi connectivity index (χ4v) is 2.98. The summed E-state index contributed by atoms with van der Waals surface area (Å²) < 4.78 is 11.5. The molecule has 0 radical (unpaired) electrons. The van der Waals surface area contributed by atoms with E-state index in [2.05, 4.69) is 17.3 Å². The molecule has 94 valence electrons. The van der Waals surface area contributed by atoms with Crippen LogP contribution in [0.25, 0.3) is 0 Å². The molecule has 2 fully saturated rings. The highest BCUT2D eigenvalue weighted by atomic mass is 16.5. The summed E-state index contributed by atoms with van der Waals surface area (Å²) in [4.78, 5) is 2.42. The highest BCUT2D eigenvalue weighted by Crippen LogP contribution is 2.31.